The second kappa shape index (κ2) is 6.50. The van der Waals surface area contributed by atoms with Gasteiger partial charge in [0.1, 0.15) is 0 Å². The zero-order valence-corrected chi connectivity index (χ0v) is 13.2. The van der Waals surface area contributed by atoms with Crippen LogP contribution in [0.4, 0.5) is 0 Å². The molecule has 122 valence electrons. The van der Waals surface area contributed by atoms with Gasteiger partial charge < -0.3 is 4.74 Å². The van der Waals surface area contributed by atoms with Crippen molar-refractivity contribution in [1.82, 2.24) is 9.80 Å². The lowest BCUT2D eigenvalue weighted by atomic mass is 10.1. The number of esters is 1. The topological polar surface area (TPSA) is 66.9 Å². The van der Waals surface area contributed by atoms with E-state index in [1.165, 1.54) is 12.0 Å². The number of hydrogen-bond donors (Lipinski definition) is 0. The number of amides is 2. The Kier molecular flexibility index (Phi) is 4.43. The summed E-state index contributed by atoms with van der Waals surface area (Å²) in [6, 6.07) is 7.04. The molecule has 2 heterocycles. The molecule has 6 heteroatoms. The molecule has 0 saturated carbocycles. The smallest absolute Gasteiger partial charge is 0.307 e. The van der Waals surface area contributed by atoms with Crippen molar-refractivity contribution in [3.05, 3.63) is 35.4 Å². The summed E-state index contributed by atoms with van der Waals surface area (Å²) >= 11 is 0. The van der Waals surface area contributed by atoms with E-state index in [1.54, 1.807) is 24.3 Å². The first-order valence-electron chi connectivity index (χ1n) is 7.88. The Hall–Kier alpha value is -2.21. The first kappa shape index (κ1) is 15.7. The van der Waals surface area contributed by atoms with Crippen LogP contribution in [0, 0.1) is 0 Å². The van der Waals surface area contributed by atoms with Gasteiger partial charge in [-0.15, -0.1) is 0 Å². The lowest BCUT2D eigenvalue weighted by molar-refractivity contribution is -0.141. The number of hydrogen-bond acceptors (Lipinski definition) is 5. The number of carbonyl (C=O) groups is 3. The third kappa shape index (κ3) is 2.99. The van der Waals surface area contributed by atoms with E-state index in [0.29, 0.717) is 30.6 Å². The zero-order chi connectivity index (χ0) is 16.4. The van der Waals surface area contributed by atoms with Gasteiger partial charge in [0.25, 0.3) is 11.8 Å². The minimum absolute atomic E-state index is 0.137. The molecule has 0 aliphatic carbocycles. The molecule has 3 rings (SSSR count). The van der Waals surface area contributed by atoms with Gasteiger partial charge in [-0.05, 0) is 31.5 Å². The maximum absolute atomic E-state index is 12.3. The van der Waals surface area contributed by atoms with Gasteiger partial charge in [-0.1, -0.05) is 12.1 Å². The summed E-state index contributed by atoms with van der Waals surface area (Å²) < 4.78 is 4.73. The van der Waals surface area contributed by atoms with Gasteiger partial charge >= 0.3 is 5.97 Å². The number of nitrogens with zero attached hydrogens (tertiary/aromatic N) is 2. The molecular formula is C17H20N2O4. The van der Waals surface area contributed by atoms with Gasteiger partial charge in [-0.25, -0.2) is 0 Å². The maximum Gasteiger partial charge on any atom is 0.307 e. The van der Waals surface area contributed by atoms with Gasteiger partial charge in [-0.2, -0.15) is 0 Å². The number of fused-ring (bicyclic) bond motifs is 1. The second-order valence-electron chi connectivity index (χ2n) is 5.92. The Bertz CT molecular complexity index is 608. The average molecular weight is 316 g/mol. The predicted octanol–water partition coefficient (Wildman–Crippen LogP) is 1.31. The Morgan fingerprint density at radius 2 is 1.83 bits per heavy atom. The molecule has 1 aromatic carbocycles. The molecule has 0 aromatic heterocycles. The molecule has 2 aliphatic rings. The first-order valence-corrected chi connectivity index (χ1v) is 7.88. The van der Waals surface area contributed by atoms with Crippen molar-refractivity contribution in [2.24, 2.45) is 0 Å². The quantitative estimate of drug-likeness (QED) is 0.605. The van der Waals surface area contributed by atoms with Crippen molar-refractivity contribution in [3.63, 3.8) is 0 Å². The summed E-state index contributed by atoms with van der Waals surface area (Å²) in [6.07, 6.45) is 2.32. The number of likely N-dealkylation sites (tertiary alicyclic amines) is 1. The molecule has 0 N–H and O–H groups in total. The number of imide groups is 1. The zero-order valence-electron chi connectivity index (χ0n) is 13.2. The minimum atomic E-state index is -0.227. The summed E-state index contributed by atoms with van der Waals surface area (Å²) in [5.74, 6) is -0.675. The van der Waals surface area contributed by atoms with Crippen LogP contribution in [0.15, 0.2) is 24.3 Å². The van der Waals surface area contributed by atoms with Crippen molar-refractivity contribution in [3.8, 4) is 0 Å². The molecule has 1 aromatic rings. The molecule has 1 atom stereocenters. The summed E-state index contributed by atoms with van der Waals surface area (Å²) in [6.45, 7) is 1.82. The van der Waals surface area contributed by atoms with E-state index in [0.717, 1.165) is 19.4 Å². The molecule has 0 bridgehead atoms. The van der Waals surface area contributed by atoms with Gasteiger partial charge in [-0.3, -0.25) is 24.2 Å². The molecule has 1 fully saturated rings. The highest BCUT2D eigenvalue weighted by Gasteiger charge is 2.36. The molecule has 0 unspecified atom stereocenters. The largest absolute Gasteiger partial charge is 0.469 e. The lowest BCUT2D eigenvalue weighted by Gasteiger charge is -2.25. The van der Waals surface area contributed by atoms with Gasteiger partial charge in [0, 0.05) is 19.1 Å². The van der Waals surface area contributed by atoms with E-state index in [2.05, 4.69) is 4.90 Å². The Morgan fingerprint density at radius 3 is 2.43 bits per heavy atom. The van der Waals surface area contributed by atoms with E-state index in [-0.39, 0.29) is 23.8 Å². The van der Waals surface area contributed by atoms with Crippen LogP contribution in [0.5, 0.6) is 0 Å². The summed E-state index contributed by atoms with van der Waals surface area (Å²) in [5, 5.41) is 0. The van der Waals surface area contributed by atoms with Crippen LogP contribution in [-0.2, 0) is 9.53 Å². The van der Waals surface area contributed by atoms with Crippen molar-refractivity contribution < 1.29 is 19.1 Å². The van der Waals surface area contributed by atoms with Crippen molar-refractivity contribution >= 4 is 17.8 Å². The molecular weight excluding hydrogens is 296 g/mol. The second-order valence-corrected chi connectivity index (χ2v) is 5.92. The SMILES string of the molecule is COC(=O)C[C@@H]1CCCN1CCN1C(=O)c2ccccc2C1=O. The number of ether oxygens (including phenoxy) is 1. The molecule has 2 amide bonds. The van der Waals surface area contributed by atoms with E-state index in [1.807, 2.05) is 0 Å². The number of benzene rings is 1. The van der Waals surface area contributed by atoms with Crippen LogP contribution in [0.1, 0.15) is 40.0 Å². The molecule has 2 aliphatic heterocycles. The van der Waals surface area contributed by atoms with E-state index in [4.69, 9.17) is 4.74 Å². The lowest BCUT2D eigenvalue weighted by Crippen LogP contribution is -2.40. The van der Waals surface area contributed by atoms with E-state index in [9.17, 15) is 14.4 Å². The number of rotatable bonds is 5. The molecule has 1 saturated heterocycles. The minimum Gasteiger partial charge on any atom is -0.469 e. The fraction of sp³-hybridized carbons (Fsp3) is 0.471. The van der Waals surface area contributed by atoms with Gasteiger partial charge in [0.05, 0.1) is 24.7 Å². The van der Waals surface area contributed by atoms with Crippen LogP contribution in [-0.4, -0.2) is 60.4 Å². The maximum atomic E-state index is 12.3. The average Bonchev–Trinajstić information content (AvgIpc) is 3.10. The summed E-state index contributed by atoms with van der Waals surface area (Å²) in [7, 11) is 1.39. The predicted molar refractivity (Wildman–Crippen MR) is 83.0 cm³/mol. The number of carbonyl (C=O) groups excluding carboxylic acids is 3. The third-order valence-corrected chi connectivity index (χ3v) is 4.62. The highest BCUT2D eigenvalue weighted by atomic mass is 16.5. The summed E-state index contributed by atoms with van der Waals surface area (Å²) in [4.78, 5) is 39.6. The van der Waals surface area contributed by atoms with Crippen LogP contribution < -0.4 is 0 Å². The van der Waals surface area contributed by atoms with Crippen LogP contribution in [0.2, 0.25) is 0 Å². The summed E-state index contributed by atoms with van der Waals surface area (Å²) in [5.41, 5.74) is 0.954. The highest BCUT2D eigenvalue weighted by Crippen LogP contribution is 2.24. The van der Waals surface area contributed by atoms with Crippen molar-refractivity contribution in [2.45, 2.75) is 25.3 Å². The molecule has 23 heavy (non-hydrogen) atoms. The van der Waals surface area contributed by atoms with Crippen molar-refractivity contribution in [2.75, 3.05) is 26.7 Å². The Morgan fingerprint density at radius 1 is 1.17 bits per heavy atom. The van der Waals surface area contributed by atoms with Crippen molar-refractivity contribution in [1.29, 1.82) is 0 Å². The fourth-order valence-electron chi connectivity index (χ4n) is 3.37. The molecule has 6 nitrogen and oxygen atoms in total. The Balaban J connectivity index is 1.62. The normalized spacial score (nSPS) is 20.9. The first-order chi connectivity index (χ1) is 11.1. The van der Waals surface area contributed by atoms with Crippen LogP contribution >= 0.6 is 0 Å². The van der Waals surface area contributed by atoms with E-state index >= 15 is 0 Å². The molecule has 0 radical (unpaired) electrons. The monoisotopic (exact) mass is 316 g/mol. The number of methoxy groups -OCH3 is 1. The van der Waals surface area contributed by atoms with Gasteiger partial charge in [0.2, 0.25) is 0 Å². The van der Waals surface area contributed by atoms with Crippen LogP contribution in [0.25, 0.3) is 0 Å². The Labute approximate surface area is 135 Å². The van der Waals surface area contributed by atoms with E-state index < -0.39 is 0 Å². The third-order valence-electron chi connectivity index (χ3n) is 4.62. The van der Waals surface area contributed by atoms with Gasteiger partial charge in [0.15, 0.2) is 0 Å². The highest BCUT2D eigenvalue weighted by molar-refractivity contribution is 6.21. The van der Waals surface area contributed by atoms with Crippen LogP contribution in [0.3, 0.4) is 0 Å². The standard InChI is InChI=1S/C17H20N2O4/c1-23-15(20)11-12-5-4-8-18(12)9-10-19-16(21)13-6-2-3-7-14(13)17(19)22/h2-3,6-7,12H,4-5,8-11H2,1H3/t12-/m0/s1. The molecule has 0 spiro atoms. The fourth-order valence-corrected chi connectivity index (χ4v) is 3.37.